The molecule has 2 aromatic rings. The molecule has 0 N–H and O–H groups in total. The molecule has 0 aliphatic carbocycles. The van der Waals surface area contributed by atoms with E-state index >= 15 is 0 Å². The van der Waals surface area contributed by atoms with E-state index in [9.17, 15) is 9.18 Å². The van der Waals surface area contributed by atoms with Crippen LogP contribution in [0.1, 0.15) is 15.9 Å². The lowest BCUT2D eigenvalue weighted by Crippen LogP contribution is -1.89. The van der Waals surface area contributed by atoms with Crippen molar-refractivity contribution >= 4 is 6.29 Å². The Kier molecular flexibility index (Phi) is 2.82. The highest BCUT2D eigenvalue weighted by molar-refractivity contribution is 5.87. The summed E-state index contributed by atoms with van der Waals surface area (Å²) in [6, 6.07) is 11.8. The molecule has 0 aliphatic rings. The number of carbonyl (C=O) groups excluding carboxylic acids is 1. The van der Waals surface area contributed by atoms with Crippen molar-refractivity contribution in [1.82, 2.24) is 0 Å². The summed E-state index contributed by atoms with van der Waals surface area (Å²) in [6.45, 7) is 1.93. The topological polar surface area (TPSA) is 17.1 Å². The van der Waals surface area contributed by atoms with Gasteiger partial charge in [0.25, 0.3) is 0 Å². The Hall–Kier alpha value is -1.96. The first kappa shape index (κ1) is 10.6. The predicted octanol–water partition coefficient (Wildman–Crippen LogP) is 3.61. The minimum atomic E-state index is -0.275. The third kappa shape index (κ3) is 2.01. The fraction of sp³-hybridized carbons (Fsp3) is 0.0714. The zero-order valence-electron chi connectivity index (χ0n) is 8.91. The molecule has 2 aromatic carbocycles. The molecule has 2 rings (SSSR count). The van der Waals surface area contributed by atoms with Gasteiger partial charge in [-0.1, -0.05) is 29.8 Å². The van der Waals surface area contributed by atoms with Crippen molar-refractivity contribution in [2.45, 2.75) is 6.92 Å². The van der Waals surface area contributed by atoms with Crippen molar-refractivity contribution in [2.75, 3.05) is 0 Å². The van der Waals surface area contributed by atoms with Crippen LogP contribution in [0.3, 0.4) is 0 Å². The molecule has 0 saturated heterocycles. The van der Waals surface area contributed by atoms with Crippen LogP contribution in [0.25, 0.3) is 11.1 Å². The molecule has 2 heteroatoms. The van der Waals surface area contributed by atoms with Crippen LogP contribution >= 0.6 is 0 Å². The molecular formula is C14H11FO. The minimum Gasteiger partial charge on any atom is -0.298 e. The molecule has 1 nitrogen and oxygen atoms in total. The number of rotatable bonds is 2. The lowest BCUT2D eigenvalue weighted by atomic mass is 9.99. The largest absolute Gasteiger partial charge is 0.298 e. The van der Waals surface area contributed by atoms with Gasteiger partial charge in [-0.15, -0.1) is 0 Å². The maximum Gasteiger partial charge on any atom is 0.150 e. The maximum atomic E-state index is 12.8. The van der Waals surface area contributed by atoms with Crippen LogP contribution in [0.4, 0.5) is 4.39 Å². The number of aldehydes is 1. The standard InChI is InChI=1S/C14H11FO/c1-10-2-7-14(12(8-10)9-16)11-3-5-13(15)6-4-11/h2-9H,1H3. The van der Waals surface area contributed by atoms with Crippen molar-refractivity contribution in [3.63, 3.8) is 0 Å². The molecular weight excluding hydrogens is 203 g/mol. The molecule has 0 heterocycles. The van der Waals surface area contributed by atoms with Gasteiger partial charge in [0.05, 0.1) is 0 Å². The van der Waals surface area contributed by atoms with Gasteiger partial charge in [0.2, 0.25) is 0 Å². The van der Waals surface area contributed by atoms with Gasteiger partial charge < -0.3 is 0 Å². The zero-order valence-corrected chi connectivity index (χ0v) is 8.91. The summed E-state index contributed by atoms with van der Waals surface area (Å²) in [5.74, 6) is -0.275. The van der Waals surface area contributed by atoms with Crippen LogP contribution in [0.2, 0.25) is 0 Å². The minimum absolute atomic E-state index is 0.275. The van der Waals surface area contributed by atoms with E-state index in [-0.39, 0.29) is 5.82 Å². The lowest BCUT2D eigenvalue weighted by Gasteiger charge is -2.05. The summed E-state index contributed by atoms with van der Waals surface area (Å²) in [4.78, 5) is 10.9. The van der Waals surface area contributed by atoms with Crippen molar-refractivity contribution in [3.05, 3.63) is 59.4 Å². The molecule has 0 fully saturated rings. The van der Waals surface area contributed by atoms with Gasteiger partial charge in [0.15, 0.2) is 6.29 Å². The summed E-state index contributed by atoms with van der Waals surface area (Å²) in [5, 5.41) is 0. The molecule has 80 valence electrons. The highest BCUT2D eigenvalue weighted by Gasteiger charge is 2.04. The summed E-state index contributed by atoms with van der Waals surface area (Å²) in [5.41, 5.74) is 3.35. The summed E-state index contributed by atoms with van der Waals surface area (Å²) in [6.07, 6.45) is 0.825. The van der Waals surface area contributed by atoms with Crippen LogP contribution < -0.4 is 0 Å². The first-order valence-corrected chi connectivity index (χ1v) is 5.02. The number of carbonyl (C=O) groups is 1. The Bertz CT molecular complexity index is 515. The summed E-state index contributed by atoms with van der Waals surface area (Å²) >= 11 is 0. The normalized spacial score (nSPS) is 10.1. The van der Waals surface area contributed by atoms with E-state index in [0.29, 0.717) is 5.56 Å². The number of halogens is 1. The molecule has 0 aliphatic heterocycles. The highest BCUT2D eigenvalue weighted by Crippen LogP contribution is 2.23. The monoisotopic (exact) mass is 214 g/mol. The van der Waals surface area contributed by atoms with E-state index in [1.165, 1.54) is 12.1 Å². The van der Waals surface area contributed by atoms with E-state index in [4.69, 9.17) is 0 Å². The number of aryl methyl sites for hydroxylation is 1. The Balaban J connectivity index is 2.55. The third-order valence-electron chi connectivity index (χ3n) is 2.49. The number of hydrogen-bond acceptors (Lipinski definition) is 1. The van der Waals surface area contributed by atoms with Crippen LogP contribution in [-0.2, 0) is 0 Å². The smallest absolute Gasteiger partial charge is 0.150 e. The Morgan fingerprint density at radius 3 is 2.38 bits per heavy atom. The van der Waals surface area contributed by atoms with Gasteiger partial charge >= 0.3 is 0 Å². The molecule has 0 bridgehead atoms. The van der Waals surface area contributed by atoms with Gasteiger partial charge in [-0.3, -0.25) is 4.79 Å². The number of hydrogen-bond donors (Lipinski definition) is 0. The average molecular weight is 214 g/mol. The molecule has 0 atom stereocenters. The second-order valence-corrected chi connectivity index (χ2v) is 3.72. The van der Waals surface area contributed by atoms with Crippen molar-refractivity contribution in [1.29, 1.82) is 0 Å². The molecule has 16 heavy (non-hydrogen) atoms. The van der Waals surface area contributed by atoms with E-state index in [0.717, 1.165) is 23.0 Å². The van der Waals surface area contributed by atoms with Crippen molar-refractivity contribution in [3.8, 4) is 11.1 Å². The second kappa shape index (κ2) is 4.27. The van der Waals surface area contributed by atoms with Crippen molar-refractivity contribution in [2.24, 2.45) is 0 Å². The molecule has 0 unspecified atom stereocenters. The lowest BCUT2D eigenvalue weighted by molar-refractivity contribution is 0.112. The Morgan fingerprint density at radius 2 is 1.75 bits per heavy atom. The molecule has 0 radical (unpaired) electrons. The van der Waals surface area contributed by atoms with Gasteiger partial charge in [0.1, 0.15) is 5.82 Å². The number of benzene rings is 2. The van der Waals surface area contributed by atoms with Crippen molar-refractivity contribution < 1.29 is 9.18 Å². The highest BCUT2D eigenvalue weighted by atomic mass is 19.1. The zero-order chi connectivity index (χ0) is 11.5. The molecule has 0 spiro atoms. The average Bonchev–Trinajstić information content (AvgIpc) is 2.30. The van der Waals surface area contributed by atoms with Crippen LogP contribution in [0.15, 0.2) is 42.5 Å². The SMILES string of the molecule is Cc1ccc(-c2ccc(F)cc2)c(C=O)c1. The maximum absolute atomic E-state index is 12.8. The van der Waals surface area contributed by atoms with Gasteiger partial charge in [-0.05, 0) is 36.2 Å². The summed E-state index contributed by atoms with van der Waals surface area (Å²) in [7, 11) is 0. The van der Waals surface area contributed by atoms with Crippen LogP contribution in [-0.4, -0.2) is 6.29 Å². The predicted molar refractivity (Wildman–Crippen MR) is 62.0 cm³/mol. The summed E-state index contributed by atoms with van der Waals surface area (Å²) < 4.78 is 12.8. The van der Waals surface area contributed by atoms with E-state index in [2.05, 4.69) is 0 Å². The van der Waals surface area contributed by atoms with Gasteiger partial charge in [-0.25, -0.2) is 4.39 Å². The molecule has 0 amide bonds. The molecule has 0 saturated carbocycles. The van der Waals surface area contributed by atoms with E-state index in [1.54, 1.807) is 12.1 Å². The quantitative estimate of drug-likeness (QED) is 0.698. The van der Waals surface area contributed by atoms with Crippen LogP contribution in [0, 0.1) is 12.7 Å². The first-order chi connectivity index (χ1) is 7.70. The van der Waals surface area contributed by atoms with Crippen LogP contribution in [0.5, 0.6) is 0 Å². The Labute approximate surface area is 93.5 Å². The Morgan fingerprint density at radius 1 is 1.06 bits per heavy atom. The van der Waals surface area contributed by atoms with E-state index in [1.807, 2.05) is 25.1 Å². The molecule has 0 aromatic heterocycles. The van der Waals surface area contributed by atoms with Gasteiger partial charge in [-0.2, -0.15) is 0 Å². The fourth-order valence-corrected chi connectivity index (χ4v) is 1.67. The first-order valence-electron chi connectivity index (χ1n) is 5.02. The second-order valence-electron chi connectivity index (χ2n) is 3.72. The van der Waals surface area contributed by atoms with Gasteiger partial charge in [0, 0.05) is 5.56 Å². The fourth-order valence-electron chi connectivity index (χ4n) is 1.67. The van der Waals surface area contributed by atoms with E-state index < -0.39 is 0 Å². The third-order valence-corrected chi connectivity index (χ3v) is 2.49.